The minimum Gasteiger partial charge on any atom is -0.358 e. The molecule has 0 aromatic heterocycles. The van der Waals surface area contributed by atoms with Gasteiger partial charge in [0.15, 0.2) is 0 Å². The van der Waals surface area contributed by atoms with Crippen LogP contribution in [-0.4, -0.2) is 19.0 Å². The first-order valence-electron chi connectivity index (χ1n) is 5.71. The van der Waals surface area contributed by atoms with Crippen molar-refractivity contribution in [2.45, 2.75) is 51.0 Å². The van der Waals surface area contributed by atoms with Crippen molar-refractivity contribution in [1.29, 1.82) is 0 Å². The van der Waals surface area contributed by atoms with Crippen LogP contribution < -0.4 is 11.1 Å². The fourth-order valence-electron chi connectivity index (χ4n) is 2.24. The van der Waals surface area contributed by atoms with Gasteiger partial charge in [-0.05, 0) is 12.3 Å². The van der Waals surface area contributed by atoms with Crippen LogP contribution in [0.3, 0.4) is 0 Å². The van der Waals surface area contributed by atoms with Crippen LogP contribution in [0.1, 0.15) is 44.9 Å². The number of hydrogen-bond donors (Lipinski definition) is 2. The van der Waals surface area contributed by atoms with E-state index in [1.807, 2.05) is 0 Å². The fourth-order valence-corrected chi connectivity index (χ4v) is 2.24. The van der Waals surface area contributed by atoms with Gasteiger partial charge in [0, 0.05) is 7.05 Å². The highest BCUT2D eigenvalue weighted by Gasteiger charge is 2.16. The molecule has 1 fully saturated rings. The normalized spacial score (nSPS) is 19.6. The Bertz CT molecular complexity index is 176. The van der Waals surface area contributed by atoms with Crippen LogP contribution in [0.4, 0.5) is 0 Å². The van der Waals surface area contributed by atoms with Crippen molar-refractivity contribution in [2.75, 3.05) is 7.05 Å². The first-order chi connectivity index (χ1) is 6.74. The maximum absolute atomic E-state index is 11.1. The average Bonchev–Trinajstić information content (AvgIpc) is 2.69. The molecule has 0 aromatic rings. The second kappa shape index (κ2) is 6.02. The van der Waals surface area contributed by atoms with E-state index in [1.54, 1.807) is 7.05 Å². The third-order valence-corrected chi connectivity index (χ3v) is 3.19. The highest BCUT2D eigenvalue weighted by molar-refractivity contribution is 5.81. The zero-order valence-electron chi connectivity index (χ0n) is 9.09. The van der Waals surface area contributed by atoms with Crippen molar-refractivity contribution < 1.29 is 4.79 Å². The number of carbonyl (C=O) groups excluding carboxylic acids is 1. The number of hydrogen-bond acceptors (Lipinski definition) is 2. The molecule has 14 heavy (non-hydrogen) atoms. The van der Waals surface area contributed by atoms with Crippen LogP contribution in [-0.2, 0) is 4.79 Å². The molecule has 0 aromatic carbocycles. The van der Waals surface area contributed by atoms with Crippen LogP contribution >= 0.6 is 0 Å². The highest BCUT2D eigenvalue weighted by Crippen LogP contribution is 2.28. The Morgan fingerprint density at radius 3 is 2.71 bits per heavy atom. The average molecular weight is 198 g/mol. The van der Waals surface area contributed by atoms with Gasteiger partial charge in [0.05, 0.1) is 6.04 Å². The number of nitrogens with two attached hydrogens (primary N) is 1. The molecule has 82 valence electrons. The second-order valence-electron chi connectivity index (χ2n) is 4.30. The standard InChI is InChI=1S/C11H22N2O/c1-13-11(14)10(12)8-4-7-9-5-2-3-6-9/h9-10H,2-8,12H2,1H3,(H,13,14)/t10-/m0/s1. The smallest absolute Gasteiger partial charge is 0.236 e. The van der Waals surface area contributed by atoms with Gasteiger partial charge in [-0.3, -0.25) is 4.79 Å². The first kappa shape index (κ1) is 11.5. The van der Waals surface area contributed by atoms with E-state index in [9.17, 15) is 4.79 Å². The van der Waals surface area contributed by atoms with Crippen LogP contribution in [0, 0.1) is 5.92 Å². The topological polar surface area (TPSA) is 55.1 Å². The number of likely N-dealkylation sites (N-methyl/N-ethyl adjacent to an activating group) is 1. The number of amides is 1. The van der Waals surface area contributed by atoms with Gasteiger partial charge in [-0.15, -0.1) is 0 Å². The molecule has 3 heteroatoms. The molecule has 1 rings (SSSR count). The van der Waals surface area contributed by atoms with E-state index in [1.165, 1.54) is 32.1 Å². The van der Waals surface area contributed by atoms with Crippen LogP contribution in [0.15, 0.2) is 0 Å². The molecule has 0 aliphatic heterocycles. The van der Waals surface area contributed by atoms with Gasteiger partial charge >= 0.3 is 0 Å². The molecular formula is C11H22N2O. The van der Waals surface area contributed by atoms with Gasteiger partial charge in [0.1, 0.15) is 0 Å². The third kappa shape index (κ3) is 3.66. The molecule has 0 spiro atoms. The van der Waals surface area contributed by atoms with Gasteiger partial charge in [0.2, 0.25) is 5.91 Å². The van der Waals surface area contributed by atoms with Crippen molar-refractivity contribution in [2.24, 2.45) is 11.7 Å². The van der Waals surface area contributed by atoms with E-state index >= 15 is 0 Å². The van der Waals surface area contributed by atoms with E-state index < -0.39 is 0 Å². The molecule has 1 aliphatic rings. The Kier molecular flexibility index (Phi) is 4.94. The number of carbonyl (C=O) groups is 1. The summed E-state index contributed by atoms with van der Waals surface area (Å²) in [6.07, 6.45) is 8.74. The highest BCUT2D eigenvalue weighted by atomic mass is 16.2. The molecule has 1 atom stereocenters. The number of nitrogens with one attached hydrogen (secondary N) is 1. The van der Waals surface area contributed by atoms with Crippen molar-refractivity contribution in [3.63, 3.8) is 0 Å². The minimum atomic E-state index is -0.304. The molecule has 1 aliphatic carbocycles. The lowest BCUT2D eigenvalue weighted by Gasteiger charge is -2.12. The zero-order valence-corrected chi connectivity index (χ0v) is 9.09. The summed E-state index contributed by atoms with van der Waals surface area (Å²) in [4.78, 5) is 11.1. The van der Waals surface area contributed by atoms with Crippen molar-refractivity contribution in [3.05, 3.63) is 0 Å². The monoisotopic (exact) mass is 198 g/mol. The quantitative estimate of drug-likeness (QED) is 0.702. The molecular weight excluding hydrogens is 176 g/mol. The Morgan fingerprint density at radius 2 is 2.14 bits per heavy atom. The van der Waals surface area contributed by atoms with E-state index in [4.69, 9.17) is 5.73 Å². The van der Waals surface area contributed by atoms with E-state index in [0.717, 1.165) is 18.8 Å². The van der Waals surface area contributed by atoms with Gasteiger partial charge in [-0.25, -0.2) is 0 Å². The molecule has 3 nitrogen and oxygen atoms in total. The summed E-state index contributed by atoms with van der Waals surface area (Å²) in [5.41, 5.74) is 5.70. The van der Waals surface area contributed by atoms with Crippen LogP contribution in [0.5, 0.6) is 0 Å². The Labute approximate surface area is 86.4 Å². The maximum Gasteiger partial charge on any atom is 0.236 e. The Hall–Kier alpha value is -0.570. The molecule has 3 N–H and O–H groups in total. The fraction of sp³-hybridized carbons (Fsp3) is 0.909. The predicted octanol–water partition coefficient (Wildman–Crippen LogP) is 1.42. The zero-order chi connectivity index (χ0) is 10.4. The van der Waals surface area contributed by atoms with E-state index in [-0.39, 0.29) is 11.9 Å². The summed E-state index contributed by atoms with van der Waals surface area (Å²) >= 11 is 0. The summed E-state index contributed by atoms with van der Waals surface area (Å²) in [5, 5.41) is 2.58. The maximum atomic E-state index is 11.1. The predicted molar refractivity (Wildman–Crippen MR) is 57.9 cm³/mol. The SMILES string of the molecule is CNC(=O)[C@@H](N)CCCC1CCCC1. The molecule has 1 amide bonds. The third-order valence-electron chi connectivity index (χ3n) is 3.19. The Balaban J connectivity index is 2.05. The molecule has 0 unspecified atom stereocenters. The Morgan fingerprint density at radius 1 is 1.50 bits per heavy atom. The molecule has 0 heterocycles. The van der Waals surface area contributed by atoms with Crippen LogP contribution in [0.2, 0.25) is 0 Å². The molecule has 0 bridgehead atoms. The molecule has 0 radical (unpaired) electrons. The van der Waals surface area contributed by atoms with Gasteiger partial charge in [-0.1, -0.05) is 38.5 Å². The second-order valence-corrected chi connectivity index (χ2v) is 4.30. The summed E-state index contributed by atoms with van der Waals surface area (Å²) in [5.74, 6) is 0.878. The van der Waals surface area contributed by atoms with Crippen LogP contribution in [0.25, 0.3) is 0 Å². The first-order valence-corrected chi connectivity index (χ1v) is 5.71. The van der Waals surface area contributed by atoms with Gasteiger partial charge in [-0.2, -0.15) is 0 Å². The summed E-state index contributed by atoms with van der Waals surface area (Å²) in [6, 6.07) is -0.304. The van der Waals surface area contributed by atoms with Crippen molar-refractivity contribution in [3.8, 4) is 0 Å². The molecule has 1 saturated carbocycles. The lowest BCUT2D eigenvalue weighted by molar-refractivity contribution is -0.122. The van der Waals surface area contributed by atoms with E-state index in [0.29, 0.717) is 0 Å². The number of rotatable bonds is 5. The van der Waals surface area contributed by atoms with Crippen molar-refractivity contribution >= 4 is 5.91 Å². The lowest BCUT2D eigenvalue weighted by atomic mass is 9.98. The van der Waals surface area contributed by atoms with Crippen molar-refractivity contribution in [1.82, 2.24) is 5.32 Å². The summed E-state index contributed by atoms with van der Waals surface area (Å²) in [6.45, 7) is 0. The lowest BCUT2D eigenvalue weighted by Crippen LogP contribution is -2.38. The van der Waals surface area contributed by atoms with Gasteiger partial charge in [0.25, 0.3) is 0 Å². The van der Waals surface area contributed by atoms with Gasteiger partial charge < -0.3 is 11.1 Å². The summed E-state index contributed by atoms with van der Waals surface area (Å²) < 4.78 is 0. The summed E-state index contributed by atoms with van der Waals surface area (Å²) in [7, 11) is 1.64. The minimum absolute atomic E-state index is 0.0311. The van der Waals surface area contributed by atoms with E-state index in [2.05, 4.69) is 5.32 Å². The molecule has 0 saturated heterocycles. The largest absolute Gasteiger partial charge is 0.358 e.